The molecule has 2 fully saturated rings. The third-order valence-corrected chi connectivity index (χ3v) is 5.19. The molecule has 3 rings (SSSR count). The van der Waals surface area contributed by atoms with E-state index in [0.29, 0.717) is 6.04 Å². The molecule has 1 aromatic carbocycles. The van der Waals surface area contributed by atoms with Gasteiger partial charge in [-0.15, -0.1) is 0 Å². The predicted molar refractivity (Wildman–Crippen MR) is 81.4 cm³/mol. The Balaban J connectivity index is 1.74. The van der Waals surface area contributed by atoms with E-state index in [9.17, 15) is 0 Å². The van der Waals surface area contributed by atoms with Crippen LogP contribution < -0.4 is 22.5 Å². The van der Waals surface area contributed by atoms with Gasteiger partial charge >= 0.3 is 0 Å². The van der Waals surface area contributed by atoms with Crippen molar-refractivity contribution in [3.05, 3.63) is 35.9 Å². The molecule has 0 spiro atoms. The van der Waals surface area contributed by atoms with Gasteiger partial charge in [0, 0.05) is 11.6 Å². The van der Waals surface area contributed by atoms with Gasteiger partial charge in [-0.2, -0.15) is 0 Å². The standard InChI is InChI=1S/C16H26N4/c17-19-15-7-13-6-14(8-15)11-16(10-13,20-18)9-12-4-2-1-3-5-12/h1-5,13-15,19-20H,6-11,17-18H2. The highest BCUT2D eigenvalue weighted by atomic mass is 15.3. The van der Waals surface area contributed by atoms with Crippen LogP contribution in [-0.4, -0.2) is 11.6 Å². The fourth-order valence-electron chi connectivity index (χ4n) is 4.52. The van der Waals surface area contributed by atoms with Crippen molar-refractivity contribution < 1.29 is 0 Å². The molecule has 2 unspecified atom stereocenters. The first-order valence-corrected chi connectivity index (χ1v) is 7.71. The largest absolute Gasteiger partial charge is 0.271 e. The molecule has 20 heavy (non-hydrogen) atoms. The Morgan fingerprint density at radius 2 is 1.65 bits per heavy atom. The van der Waals surface area contributed by atoms with E-state index in [1.165, 1.54) is 24.8 Å². The first kappa shape index (κ1) is 14.0. The van der Waals surface area contributed by atoms with Gasteiger partial charge in [0.25, 0.3) is 0 Å². The van der Waals surface area contributed by atoms with E-state index < -0.39 is 0 Å². The fraction of sp³-hybridized carbons (Fsp3) is 0.625. The molecule has 0 saturated heterocycles. The molecule has 0 amide bonds. The number of hydrogen-bond donors (Lipinski definition) is 4. The normalized spacial score (nSPS) is 36.8. The van der Waals surface area contributed by atoms with E-state index >= 15 is 0 Å². The average Bonchev–Trinajstić information content (AvgIpc) is 2.47. The van der Waals surface area contributed by atoms with E-state index in [1.54, 1.807) is 0 Å². The lowest BCUT2D eigenvalue weighted by molar-refractivity contribution is 0.0704. The minimum Gasteiger partial charge on any atom is -0.271 e. The van der Waals surface area contributed by atoms with Crippen LogP contribution in [0.25, 0.3) is 0 Å². The zero-order valence-electron chi connectivity index (χ0n) is 12.0. The number of hydrogen-bond acceptors (Lipinski definition) is 4. The minimum absolute atomic E-state index is 0.0640. The Labute approximate surface area is 121 Å². The van der Waals surface area contributed by atoms with E-state index in [1.807, 2.05) is 0 Å². The van der Waals surface area contributed by atoms with Gasteiger partial charge in [-0.1, -0.05) is 30.3 Å². The van der Waals surface area contributed by atoms with E-state index in [0.717, 1.165) is 31.1 Å². The van der Waals surface area contributed by atoms with Gasteiger partial charge in [0.2, 0.25) is 0 Å². The number of benzene rings is 1. The predicted octanol–water partition coefficient (Wildman–Crippen LogP) is 1.47. The van der Waals surface area contributed by atoms with Crippen LogP contribution in [-0.2, 0) is 6.42 Å². The Morgan fingerprint density at radius 1 is 1.00 bits per heavy atom. The third-order valence-electron chi connectivity index (χ3n) is 5.19. The van der Waals surface area contributed by atoms with Crippen molar-refractivity contribution in [2.75, 3.05) is 0 Å². The number of nitrogens with two attached hydrogens (primary N) is 2. The Morgan fingerprint density at radius 3 is 2.20 bits per heavy atom. The summed E-state index contributed by atoms with van der Waals surface area (Å²) in [6.07, 6.45) is 7.06. The van der Waals surface area contributed by atoms with E-state index in [-0.39, 0.29) is 5.54 Å². The highest BCUT2D eigenvalue weighted by molar-refractivity contribution is 5.19. The van der Waals surface area contributed by atoms with Crippen LogP contribution in [0.1, 0.15) is 37.7 Å². The van der Waals surface area contributed by atoms with Gasteiger partial charge in [-0.25, -0.2) is 0 Å². The van der Waals surface area contributed by atoms with Gasteiger partial charge in [0.15, 0.2) is 0 Å². The van der Waals surface area contributed by atoms with Gasteiger partial charge in [0.1, 0.15) is 0 Å². The van der Waals surface area contributed by atoms with Crippen LogP contribution >= 0.6 is 0 Å². The molecular formula is C16H26N4. The molecule has 2 atom stereocenters. The van der Waals surface area contributed by atoms with Crippen molar-refractivity contribution in [1.82, 2.24) is 10.9 Å². The molecule has 1 aromatic rings. The zero-order valence-corrected chi connectivity index (χ0v) is 12.0. The quantitative estimate of drug-likeness (QED) is 0.495. The van der Waals surface area contributed by atoms with Crippen LogP contribution in [0.5, 0.6) is 0 Å². The monoisotopic (exact) mass is 274 g/mol. The number of hydrazine groups is 2. The van der Waals surface area contributed by atoms with Crippen LogP contribution in [0.2, 0.25) is 0 Å². The zero-order chi connectivity index (χ0) is 14.0. The third kappa shape index (κ3) is 2.88. The number of nitrogens with one attached hydrogen (secondary N) is 2. The Bertz CT molecular complexity index is 419. The number of fused-ring (bicyclic) bond motifs is 2. The van der Waals surface area contributed by atoms with Crippen molar-refractivity contribution in [3.63, 3.8) is 0 Å². The Kier molecular flexibility index (Phi) is 4.08. The maximum Gasteiger partial charge on any atom is 0.0366 e. The van der Waals surface area contributed by atoms with Crippen LogP contribution in [0.3, 0.4) is 0 Å². The summed E-state index contributed by atoms with van der Waals surface area (Å²) < 4.78 is 0. The van der Waals surface area contributed by atoms with Crippen LogP contribution in [0, 0.1) is 11.8 Å². The van der Waals surface area contributed by atoms with Crippen molar-refractivity contribution in [2.45, 2.75) is 50.1 Å². The summed E-state index contributed by atoms with van der Waals surface area (Å²) in [4.78, 5) is 0. The number of rotatable bonds is 4. The molecule has 0 heterocycles. The molecular weight excluding hydrogens is 248 g/mol. The summed E-state index contributed by atoms with van der Waals surface area (Å²) in [5.41, 5.74) is 7.59. The Hall–Kier alpha value is -0.940. The van der Waals surface area contributed by atoms with Crippen molar-refractivity contribution in [2.24, 2.45) is 23.5 Å². The molecule has 4 nitrogen and oxygen atoms in total. The topological polar surface area (TPSA) is 76.1 Å². The first-order valence-electron chi connectivity index (χ1n) is 7.71. The summed E-state index contributed by atoms with van der Waals surface area (Å²) in [6, 6.07) is 11.2. The second-order valence-corrected chi connectivity index (χ2v) is 6.80. The van der Waals surface area contributed by atoms with Crippen LogP contribution in [0.4, 0.5) is 0 Å². The lowest BCUT2D eigenvalue weighted by atomic mass is 9.62. The summed E-state index contributed by atoms with van der Waals surface area (Å²) in [6.45, 7) is 0. The van der Waals surface area contributed by atoms with Crippen molar-refractivity contribution in [1.29, 1.82) is 0 Å². The molecule has 4 heteroatoms. The molecule has 0 radical (unpaired) electrons. The molecule has 2 aliphatic rings. The average molecular weight is 274 g/mol. The molecule has 2 aliphatic carbocycles. The smallest absolute Gasteiger partial charge is 0.0366 e. The van der Waals surface area contributed by atoms with Gasteiger partial charge in [-0.3, -0.25) is 22.5 Å². The molecule has 110 valence electrons. The second kappa shape index (κ2) is 5.82. The fourth-order valence-corrected chi connectivity index (χ4v) is 4.52. The summed E-state index contributed by atoms with van der Waals surface area (Å²) in [5, 5.41) is 0. The molecule has 0 aromatic heterocycles. The van der Waals surface area contributed by atoms with Crippen molar-refractivity contribution in [3.8, 4) is 0 Å². The van der Waals surface area contributed by atoms with Gasteiger partial charge in [-0.05, 0) is 55.9 Å². The maximum absolute atomic E-state index is 5.97. The van der Waals surface area contributed by atoms with Gasteiger partial charge in [0.05, 0.1) is 0 Å². The van der Waals surface area contributed by atoms with Gasteiger partial charge < -0.3 is 0 Å². The molecule has 2 bridgehead atoms. The van der Waals surface area contributed by atoms with Crippen LogP contribution in [0.15, 0.2) is 30.3 Å². The summed E-state index contributed by atoms with van der Waals surface area (Å²) in [7, 11) is 0. The molecule has 2 saturated carbocycles. The maximum atomic E-state index is 5.97. The highest BCUT2D eigenvalue weighted by Crippen LogP contribution is 2.45. The summed E-state index contributed by atoms with van der Waals surface area (Å²) in [5.74, 6) is 13.1. The molecule has 0 aliphatic heterocycles. The van der Waals surface area contributed by atoms with E-state index in [4.69, 9.17) is 11.7 Å². The van der Waals surface area contributed by atoms with Crippen molar-refractivity contribution >= 4 is 0 Å². The lowest BCUT2D eigenvalue weighted by Gasteiger charge is -2.49. The summed E-state index contributed by atoms with van der Waals surface area (Å²) >= 11 is 0. The molecule has 6 N–H and O–H groups in total. The first-order chi connectivity index (χ1) is 9.73. The van der Waals surface area contributed by atoms with E-state index in [2.05, 4.69) is 41.2 Å². The highest BCUT2D eigenvalue weighted by Gasteiger charge is 2.43. The lowest BCUT2D eigenvalue weighted by Crippen LogP contribution is -2.58. The second-order valence-electron chi connectivity index (χ2n) is 6.80. The minimum atomic E-state index is 0.0640. The SMILES string of the molecule is NNC1CC2CC(C1)CC(Cc1ccccc1)(NN)C2.